The van der Waals surface area contributed by atoms with Crippen molar-refractivity contribution < 1.29 is 23.1 Å². The van der Waals surface area contributed by atoms with Gasteiger partial charge in [0.25, 0.3) is 5.91 Å². The van der Waals surface area contributed by atoms with Crippen LogP contribution in [-0.2, 0) is 14.3 Å². The number of hydrogen-bond acceptors (Lipinski definition) is 4. The Balaban J connectivity index is 1.20. The molecule has 1 aromatic carbocycles. The monoisotopic (exact) mass is 554 g/mol. The zero-order valence-corrected chi connectivity index (χ0v) is 24.6. The quantitative estimate of drug-likeness (QED) is 0.324. The lowest BCUT2D eigenvalue weighted by molar-refractivity contribution is -0.160. The number of rotatable bonds is 4. The molecule has 4 fully saturated rings. The average molecular weight is 555 g/mol. The summed E-state index contributed by atoms with van der Waals surface area (Å²) in [4.78, 5) is 29.8. The zero-order chi connectivity index (χ0) is 28.6. The van der Waals surface area contributed by atoms with E-state index in [-0.39, 0.29) is 17.0 Å². The minimum Gasteiger partial charge on any atom is -0.447 e. The molecule has 9 atom stereocenters. The number of amides is 1. The maximum Gasteiger partial charge on any atom is 0.303 e. The van der Waals surface area contributed by atoms with Gasteiger partial charge < -0.3 is 14.5 Å². The molecule has 5 aliphatic rings. The Labute approximate surface area is 237 Å². The Kier molecular flexibility index (Phi) is 6.91. The maximum atomic E-state index is 14.0. The van der Waals surface area contributed by atoms with Gasteiger partial charge in [0.15, 0.2) is 11.6 Å². The van der Waals surface area contributed by atoms with Gasteiger partial charge in [0.1, 0.15) is 0 Å². The predicted octanol–water partition coefficient (Wildman–Crippen LogP) is 6.29. The van der Waals surface area contributed by atoms with Gasteiger partial charge >= 0.3 is 5.97 Å². The van der Waals surface area contributed by atoms with Crippen molar-refractivity contribution in [3.8, 4) is 0 Å². The van der Waals surface area contributed by atoms with E-state index in [4.69, 9.17) is 4.74 Å². The van der Waals surface area contributed by atoms with Gasteiger partial charge in [0.05, 0.1) is 0 Å². The molecule has 1 saturated heterocycles. The fraction of sp³-hybridized carbons (Fsp3) is 0.697. The molecule has 0 N–H and O–H groups in total. The van der Waals surface area contributed by atoms with E-state index in [0.717, 1.165) is 55.6 Å². The fourth-order valence-corrected chi connectivity index (χ4v) is 10.2. The van der Waals surface area contributed by atoms with Crippen LogP contribution in [0.5, 0.6) is 0 Å². The third-order valence-electron chi connectivity index (χ3n) is 12.3. The lowest BCUT2D eigenvalue weighted by atomic mass is 9.47. The molecule has 1 heterocycles. The minimum absolute atomic E-state index is 0.0261. The highest BCUT2D eigenvalue weighted by atomic mass is 19.2. The molecule has 6 rings (SSSR count). The number of fused-ring (bicyclic) bond motifs is 4. The van der Waals surface area contributed by atoms with E-state index >= 15 is 0 Å². The Bertz CT molecular complexity index is 1230. The molecule has 0 radical (unpaired) electrons. The summed E-state index contributed by atoms with van der Waals surface area (Å²) in [5.74, 6) is 0.00178. The van der Waals surface area contributed by atoms with Crippen molar-refractivity contribution in [2.24, 2.45) is 34.5 Å². The minimum atomic E-state index is -1.30. The number of hydrogen-bond donors (Lipinski definition) is 0. The first kappa shape index (κ1) is 27.9. The summed E-state index contributed by atoms with van der Waals surface area (Å²) in [6, 6.07) is 3.89. The first-order valence-corrected chi connectivity index (χ1v) is 15.2. The zero-order valence-electron chi connectivity index (χ0n) is 24.6. The Morgan fingerprint density at radius 2 is 1.82 bits per heavy atom. The molecule has 1 spiro atoms. The van der Waals surface area contributed by atoms with E-state index in [1.165, 1.54) is 50.8 Å². The molecule has 4 aliphatic carbocycles. The first-order chi connectivity index (χ1) is 19.0. The van der Waals surface area contributed by atoms with E-state index in [2.05, 4.69) is 31.9 Å². The van der Waals surface area contributed by atoms with Crippen LogP contribution >= 0.6 is 0 Å². The Morgan fingerprint density at radius 3 is 2.55 bits per heavy atom. The SMILES string of the molecule is CC(=O)OC(C(=O)N(C)[C@H]1CC[C@@]2(C)C(=CC[C@H]3[C@@H]4CC[C@@H]5[C@H](C)N(C)C[C@@]54CC[C@@H]32)C1)c1ccc(F)c(F)c1. The predicted molar refractivity (Wildman–Crippen MR) is 149 cm³/mol. The van der Waals surface area contributed by atoms with Crippen LogP contribution in [0, 0.1) is 46.1 Å². The summed E-state index contributed by atoms with van der Waals surface area (Å²) in [6.07, 6.45) is 10.5. The van der Waals surface area contributed by atoms with E-state index in [0.29, 0.717) is 17.4 Å². The Hall–Kier alpha value is -2.28. The molecular weight excluding hydrogens is 510 g/mol. The molecule has 1 aliphatic heterocycles. The summed E-state index contributed by atoms with van der Waals surface area (Å²) in [5, 5.41) is 0. The molecule has 1 aromatic rings. The van der Waals surface area contributed by atoms with Gasteiger partial charge in [-0.2, -0.15) is 0 Å². The van der Waals surface area contributed by atoms with Crippen molar-refractivity contribution in [2.45, 2.75) is 90.3 Å². The van der Waals surface area contributed by atoms with Crippen molar-refractivity contribution >= 4 is 11.9 Å². The maximum absolute atomic E-state index is 14.0. The highest BCUT2D eigenvalue weighted by molar-refractivity contribution is 5.85. The Morgan fingerprint density at radius 1 is 1.07 bits per heavy atom. The number of esters is 1. The number of carbonyl (C=O) groups excluding carboxylic acids is 2. The third-order valence-corrected chi connectivity index (χ3v) is 12.3. The van der Waals surface area contributed by atoms with Gasteiger partial charge in [-0.25, -0.2) is 8.78 Å². The summed E-state index contributed by atoms with van der Waals surface area (Å²) in [5.41, 5.74) is 2.29. The summed E-state index contributed by atoms with van der Waals surface area (Å²) < 4.78 is 32.9. The molecule has 40 heavy (non-hydrogen) atoms. The van der Waals surface area contributed by atoms with Gasteiger partial charge in [-0.05, 0) is 112 Å². The van der Waals surface area contributed by atoms with Crippen molar-refractivity contribution in [1.29, 1.82) is 0 Å². The highest BCUT2D eigenvalue weighted by Gasteiger charge is 2.64. The summed E-state index contributed by atoms with van der Waals surface area (Å²) in [7, 11) is 4.07. The highest BCUT2D eigenvalue weighted by Crippen LogP contribution is 2.68. The summed E-state index contributed by atoms with van der Waals surface area (Å²) >= 11 is 0. The second kappa shape index (κ2) is 9.92. The fourth-order valence-electron chi connectivity index (χ4n) is 10.2. The second-order valence-corrected chi connectivity index (χ2v) is 13.9. The largest absolute Gasteiger partial charge is 0.447 e. The van der Waals surface area contributed by atoms with Crippen LogP contribution in [0.2, 0.25) is 0 Å². The van der Waals surface area contributed by atoms with Crippen molar-refractivity contribution in [3.05, 3.63) is 47.0 Å². The number of likely N-dealkylation sites (tertiary alicyclic amines) is 1. The van der Waals surface area contributed by atoms with E-state index in [1.54, 1.807) is 11.9 Å². The second-order valence-electron chi connectivity index (χ2n) is 13.9. The number of nitrogens with zero attached hydrogens (tertiary/aromatic N) is 2. The number of likely N-dealkylation sites (N-methyl/N-ethyl adjacent to an activating group) is 1. The van der Waals surface area contributed by atoms with E-state index in [9.17, 15) is 18.4 Å². The molecule has 5 nitrogen and oxygen atoms in total. The molecule has 3 saturated carbocycles. The van der Waals surface area contributed by atoms with Gasteiger partial charge in [-0.1, -0.05) is 24.6 Å². The standard InChI is InChI=1S/C33H44F2N2O3/c1-19-25-9-10-27-24-8-7-22-17-23(12-14-32(22,3)26(24)13-15-33(25,27)18-36(19)4)37(5)31(39)30(40-20(2)38)21-6-11-28(34)29(35)16-21/h6-7,11,16,19,23-27,30H,8-10,12-15,17-18H2,1-5H3/t19-,23-,24+,25+,26-,27-,30?,32-,33-/m0/s1. The first-order valence-electron chi connectivity index (χ1n) is 15.2. The van der Waals surface area contributed by atoms with Gasteiger partial charge in [-0.15, -0.1) is 0 Å². The van der Waals surface area contributed by atoms with Gasteiger partial charge in [0, 0.05) is 38.2 Å². The molecule has 218 valence electrons. The summed E-state index contributed by atoms with van der Waals surface area (Å²) in [6.45, 7) is 7.40. The van der Waals surface area contributed by atoms with Crippen molar-refractivity contribution in [2.75, 3.05) is 20.6 Å². The molecular formula is C33H44F2N2O3. The number of halogens is 2. The van der Waals surface area contributed by atoms with Crippen LogP contribution in [-0.4, -0.2) is 54.4 Å². The van der Waals surface area contributed by atoms with Crippen LogP contribution < -0.4 is 0 Å². The number of carbonyl (C=O) groups is 2. The lowest BCUT2D eigenvalue weighted by Gasteiger charge is -2.58. The average Bonchev–Trinajstić information content (AvgIpc) is 3.40. The number of ether oxygens (including phenoxy) is 1. The van der Waals surface area contributed by atoms with Crippen molar-refractivity contribution in [3.63, 3.8) is 0 Å². The van der Waals surface area contributed by atoms with Crippen LogP contribution in [0.15, 0.2) is 29.8 Å². The lowest BCUT2D eigenvalue weighted by Crippen LogP contribution is -2.53. The van der Waals surface area contributed by atoms with E-state index < -0.39 is 29.6 Å². The number of allylic oxidation sites excluding steroid dienone is 1. The molecule has 0 bridgehead atoms. The van der Waals surface area contributed by atoms with Gasteiger partial charge in [0.2, 0.25) is 6.10 Å². The topological polar surface area (TPSA) is 49.9 Å². The normalized spacial score (nSPS) is 39.3. The smallest absolute Gasteiger partial charge is 0.303 e. The van der Waals surface area contributed by atoms with Crippen LogP contribution in [0.3, 0.4) is 0 Å². The van der Waals surface area contributed by atoms with Crippen LogP contribution in [0.25, 0.3) is 0 Å². The third kappa shape index (κ3) is 4.16. The molecule has 7 heteroatoms. The van der Waals surface area contributed by atoms with Crippen molar-refractivity contribution in [1.82, 2.24) is 9.80 Å². The van der Waals surface area contributed by atoms with E-state index in [1.807, 2.05) is 0 Å². The van der Waals surface area contributed by atoms with Crippen LogP contribution in [0.4, 0.5) is 8.78 Å². The van der Waals surface area contributed by atoms with Gasteiger partial charge in [-0.3, -0.25) is 9.59 Å². The molecule has 1 unspecified atom stereocenters. The molecule has 0 aromatic heterocycles. The molecule has 1 amide bonds. The number of benzene rings is 1. The van der Waals surface area contributed by atoms with Crippen LogP contribution in [0.1, 0.15) is 83.8 Å².